The third-order valence-corrected chi connectivity index (χ3v) is 14.4. The lowest BCUT2D eigenvalue weighted by atomic mass is 9.49. The van der Waals surface area contributed by atoms with Crippen LogP contribution in [0, 0.1) is 30.6 Å². The topological polar surface area (TPSA) is 128 Å². The van der Waals surface area contributed by atoms with Crippen LogP contribution >= 0.6 is 31.9 Å². The van der Waals surface area contributed by atoms with E-state index in [9.17, 15) is 14.7 Å². The molecule has 58 heavy (non-hydrogen) atoms. The molecule has 9 rings (SSSR count). The van der Waals surface area contributed by atoms with Crippen molar-refractivity contribution in [2.75, 3.05) is 22.8 Å². The van der Waals surface area contributed by atoms with Crippen molar-refractivity contribution < 1.29 is 29.0 Å². The highest BCUT2D eigenvalue weighted by molar-refractivity contribution is 9.13. The van der Waals surface area contributed by atoms with Crippen LogP contribution in [-0.4, -0.2) is 40.9 Å². The summed E-state index contributed by atoms with van der Waals surface area (Å²) in [5, 5.41) is 15.6. The van der Waals surface area contributed by atoms with E-state index in [2.05, 4.69) is 42.6 Å². The number of phenolic OH excluding ortho intramolecular Hbond substituents is 1. The molecule has 3 N–H and O–H groups in total. The number of rotatable bonds is 8. The standard InChI is InChI=1S/C46H38Br2N4O6/c1-25-13-15-29(16-14-25)50-52-43(55)35-23-33-31(38(34-24-36(58-2)41(53)40(48)39(34)47)46(35,45(52)57)26-9-5-3-6-10-26)21-22-32-37(33)44(56)51(42(32)54)30-19-17-28(18-20-30)49-27-11-7-4-8-12-27/h3-21,24,32-33,35,37-38,49-50,53H,22-23H2,1-2H3/t32-,33+,35-,37-,38+,46+/m0/s1. The van der Waals surface area contributed by atoms with Gasteiger partial charge in [-0.2, -0.15) is 5.01 Å². The number of ether oxygens (including phenoxy) is 1. The Bertz CT molecular complexity index is 2510. The summed E-state index contributed by atoms with van der Waals surface area (Å²) in [6, 6.07) is 35.3. The Morgan fingerprint density at radius 2 is 1.40 bits per heavy atom. The van der Waals surface area contributed by atoms with Gasteiger partial charge in [0.25, 0.3) is 11.8 Å². The minimum atomic E-state index is -1.50. The Hall–Kier alpha value is -5.72. The SMILES string of the molecule is COc1cc([C@H]2C3=CC[C@@H]4C(=O)N(c5ccc(Nc6ccccc6)cc5)C(=O)[C@@H]4[C@@H]3C[C@H]3C(=O)N(Nc4ccc(C)cc4)C(=O)[C@@]23c2ccccc2)c(Br)c(Br)c1O. The Balaban J connectivity index is 1.18. The molecule has 2 aliphatic heterocycles. The molecule has 6 atom stereocenters. The molecule has 0 bridgehead atoms. The number of allylic oxidation sites excluding steroid dienone is 2. The van der Waals surface area contributed by atoms with Crippen molar-refractivity contribution in [1.82, 2.24) is 5.01 Å². The van der Waals surface area contributed by atoms with Gasteiger partial charge < -0.3 is 15.2 Å². The molecular weight excluding hydrogens is 864 g/mol. The molecule has 292 valence electrons. The number of benzene rings is 5. The molecule has 4 amide bonds. The number of phenols is 1. The lowest BCUT2D eigenvalue weighted by Gasteiger charge is -2.51. The highest BCUT2D eigenvalue weighted by atomic mass is 79.9. The smallest absolute Gasteiger partial charge is 0.260 e. The fourth-order valence-electron chi connectivity index (χ4n) is 9.71. The van der Waals surface area contributed by atoms with E-state index in [4.69, 9.17) is 4.74 Å². The second-order valence-electron chi connectivity index (χ2n) is 15.3. The largest absolute Gasteiger partial charge is 0.503 e. The van der Waals surface area contributed by atoms with E-state index in [0.29, 0.717) is 31.4 Å². The zero-order valence-electron chi connectivity index (χ0n) is 31.5. The molecule has 0 unspecified atom stereocenters. The number of methoxy groups -OCH3 is 1. The molecule has 1 saturated carbocycles. The quantitative estimate of drug-likeness (QED) is 0.104. The van der Waals surface area contributed by atoms with Gasteiger partial charge in [0.05, 0.1) is 46.1 Å². The number of nitrogens with one attached hydrogen (secondary N) is 2. The Morgan fingerprint density at radius 1 is 0.759 bits per heavy atom. The monoisotopic (exact) mass is 900 g/mol. The lowest BCUT2D eigenvalue weighted by Crippen LogP contribution is -2.53. The Morgan fingerprint density at radius 3 is 2.07 bits per heavy atom. The first-order chi connectivity index (χ1) is 28.0. The number of hydrazine groups is 1. The van der Waals surface area contributed by atoms with Gasteiger partial charge in [0.1, 0.15) is 0 Å². The summed E-state index contributed by atoms with van der Waals surface area (Å²) in [5.41, 5.74) is 7.39. The maximum absolute atomic E-state index is 15.5. The first kappa shape index (κ1) is 37.8. The zero-order chi connectivity index (χ0) is 40.5. The van der Waals surface area contributed by atoms with Crippen molar-refractivity contribution in [3.8, 4) is 11.5 Å². The molecule has 2 aliphatic carbocycles. The molecule has 10 nitrogen and oxygen atoms in total. The van der Waals surface area contributed by atoms with Gasteiger partial charge in [-0.15, -0.1) is 0 Å². The van der Waals surface area contributed by atoms with Crippen molar-refractivity contribution in [2.24, 2.45) is 23.7 Å². The number of imide groups is 2. The highest BCUT2D eigenvalue weighted by Gasteiger charge is 2.70. The van der Waals surface area contributed by atoms with E-state index in [1.807, 2.05) is 110 Å². The number of fused-ring (bicyclic) bond motifs is 4. The van der Waals surface area contributed by atoms with Gasteiger partial charge >= 0.3 is 0 Å². The van der Waals surface area contributed by atoms with E-state index in [1.54, 1.807) is 18.2 Å². The first-order valence-electron chi connectivity index (χ1n) is 19.1. The minimum absolute atomic E-state index is 0.137. The van der Waals surface area contributed by atoms with E-state index in [-0.39, 0.29) is 36.2 Å². The number of carbonyl (C=O) groups is 4. The normalized spacial score (nSPS) is 24.9. The second-order valence-corrected chi connectivity index (χ2v) is 16.9. The summed E-state index contributed by atoms with van der Waals surface area (Å²) in [6.45, 7) is 1.96. The third-order valence-electron chi connectivity index (χ3n) is 12.3. The van der Waals surface area contributed by atoms with Crippen LogP contribution in [0.4, 0.5) is 22.7 Å². The molecule has 0 radical (unpaired) electrons. The van der Waals surface area contributed by atoms with Crippen LogP contribution in [-0.2, 0) is 24.6 Å². The molecule has 0 aromatic heterocycles. The van der Waals surface area contributed by atoms with Crippen LogP contribution in [0.1, 0.15) is 35.4 Å². The molecule has 0 spiro atoms. The number of amides is 4. The minimum Gasteiger partial charge on any atom is -0.503 e. The van der Waals surface area contributed by atoms with Crippen LogP contribution in [0.15, 0.2) is 136 Å². The first-order valence-corrected chi connectivity index (χ1v) is 20.6. The number of para-hydroxylation sites is 1. The van der Waals surface area contributed by atoms with Crippen LogP contribution in [0.5, 0.6) is 11.5 Å². The van der Waals surface area contributed by atoms with Gasteiger partial charge in [0.2, 0.25) is 11.8 Å². The summed E-state index contributed by atoms with van der Waals surface area (Å²) < 4.78 is 6.44. The molecule has 3 fully saturated rings. The molecule has 2 saturated heterocycles. The number of hydrogen-bond donors (Lipinski definition) is 3. The Kier molecular flexibility index (Phi) is 9.51. The molecular formula is C46H38Br2N4O6. The van der Waals surface area contributed by atoms with E-state index < -0.39 is 46.8 Å². The molecule has 2 heterocycles. The van der Waals surface area contributed by atoms with E-state index in [1.165, 1.54) is 12.0 Å². The molecule has 5 aromatic rings. The average molecular weight is 903 g/mol. The second kappa shape index (κ2) is 14.6. The molecule has 5 aromatic carbocycles. The summed E-state index contributed by atoms with van der Waals surface area (Å²) in [6.07, 6.45) is 2.42. The summed E-state index contributed by atoms with van der Waals surface area (Å²) in [4.78, 5) is 61.0. The van der Waals surface area contributed by atoms with E-state index in [0.717, 1.165) is 27.5 Å². The van der Waals surface area contributed by atoms with Crippen LogP contribution in [0.3, 0.4) is 0 Å². The summed E-state index contributed by atoms with van der Waals surface area (Å²) >= 11 is 7.30. The van der Waals surface area contributed by atoms with Crippen LogP contribution in [0.25, 0.3) is 0 Å². The lowest BCUT2D eigenvalue weighted by molar-refractivity contribution is -0.138. The number of hydrogen-bond acceptors (Lipinski definition) is 8. The number of nitrogens with zero attached hydrogens (tertiary/aromatic N) is 2. The van der Waals surface area contributed by atoms with Gasteiger partial charge in [0, 0.05) is 21.8 Å². The average Bonchev–Trinajstić information content (AvgIpc) is 3.62. The third kappa shape index (κ3) is 5.79. The van der Waals surface area contributed by atoms with Crippen LogP contribution in [0.2, 0.25) is 0 Å². The zero-order valence-corrected chi connectivity index (χ0v) is 34.7. The molecule has 4 aliphatic rings. The van der Waals surface area contributed by atoms with Crippen LogP contribution < -0.4 is 20.4 Å². The van der Waals surface area contributed by atoms with Crippen molar-refractivity contribution in [3.05, 3.63) is 153 Å². The highest BCUT2D eigenvalue weighted by Crippen LogP contribution is 2.65. The number of halogens is 2. The summed E-state index contributed by atoms with van der Waals surface area (Å²) in [7, 11) is 1.45. The summed E-state index contributed by atoms with van der Waals surface area (Å²) in [5.74, 6) is -5.29. The number of aromatic hydroxyl groups is 1. The number of anilines is 4. The number of aryl methyl sites for hydroxylation is 1. The predicted molar refractivity (Wildman–Crippen MR) is 228 cm³/mol. The van der Waals surface area contributed by atoms with Crippen molar-refractivity contribution in [3.63, 3.8) is 0 Å². The van der Waals surface area contributed by atoms with E-state index >= 15 is 9.59 Å². The Labute approximate surface area is 352 Å². The van der Waals surface area contributed by atoms with Gasteiger partial charge in [0.15, 0.2) is 11.5 Å². The maximum atomic E-state index is 15.5. The fourth-order valence-corrected chi connectivity index (χ4v) is 10.7. The van der Waals surface area contributed by atoms with Crippen molar-refractivity contribution >= 4 is 78.2 Å². The predicted octanol–water partition coefficient (Wildman–Crippen LogP) is 9.17. The van der Waals surface area contributed by atoms with Gasteiger partial charge in [-0.05, 0) is 123 Å². The van der Waals surface area contributed by atoms with Gasteiger partial charge in [-0.25, -0.2) is 0 Å². The van der Waals surface area contributed by atoms with Gasteiger partial charge in [-0.1, -0.05) is 77.9 Å². The fraction of sp³-hybridized carbons (Fsp3) is 0.217. The van der Waals surface area contributed by atoms with Crippen molar-refractivity contribution in [1.29, 1.82) is 0 Å². The van der Waals surface area contributed by atoms with Crippen molar-refractivity contribution in [2.45, 2.75) is 31.1 Å². The maximum Gasteiger partial charge on any atom is 0.260 e. The number of carbonyl (C=O) groups excluding carboxylic acids is 4. The van der Waals surface area contributed by atoms with Gasteiger partial charge in [-0.3, -0.25) is 29.5 Å². The molecule has 12 heteroatoms.